The molecule has 0 saturated heterocycles. The highest BCUT2D eigenvalue weighted by molar-refractivity contribution is 7.98. The lowest BCUT2D eigenvalue weighted by Crippen LogP contribution is -2.26. The second kappa shape index (κ2) is 39.5. The number of anilines is 8. The van der Waals surface area contributed by atoms with Gasteiger partial charge >= 0.3 is 5.69 Å². The Morgan fingerprint density at radius 3 is 1.65 bits per heavy atom. The molecule has 10 heterocycles. The van der Waals surface area contributed by atoms with Crippen molar-refractivity contribution < 1.29 is 52.4 Å². The second-order valence-corrected chi connectivity index (χ2v) is 28.4. The number of nitrogens with one attached hydrogen (secondary N) is 5. The van der Waals surface area contributed by atoms with Crippen LogP contribution in [0.1, 0.15) is 42.0 Å². The topological polar surface area (TPSA) is 360 Å². The highest BCUT2D eigenvalue weighted by Gasteiger charge is 2.24. The molecule has 5 N–H and O–H groups in total. The van der Waals surface area contributed by atoms with Gasteiger partial charge in [0.25, 0.3) is 0 Å². The van der Waals surface area contributed by atoms with Gasteiger partial charge in [0.1, 0.15) is 28.6 Å². The van der Waals surface area contributed by atoms with Gasteiger partial charge in [-0.15, -0.1) is 11.8 Å². The summed E-state index contributed by atoms with van der Waals surface area (Å²) in [6.07, 6.45) is 22.8. The molecule has 0 radical (unpaired) electrons. The summed E-state index contributed by atoms with van der Waals surface area (Å²) < 4.78 is 50.7. The van der Waals surface area contributed by atoms with Gasteiger partial charge in [-0.2, -0.15) is 19.9 Å². The lowest BCUT2D eigenvalue weighted by atomic mass is 9.89. The number of rotatable bonds is 28. The van der Waals surface area contributed by atoms with E-state index in [-0.39, 0.29) is 23.2 Å². The average Bonchev–Trinajstić information content (AvgIpc) is 1.64. The summed E-state index contributed by atoms with van der Waals surface area (Å²) in [6, 6.07) is 51.5. The third kappa shape index (κ3) is 19.9. The number of nitrogens with zero attached hydrogens (tertiary/aromatic N) is 15. The molecule has 17 rings (SSSR count). The molecule has 1 aliphatic carbocycles. The molecule has 0 atom stereocenters. The predicted octanol–water partition coefficient (Wildman–Crippen LogP) is 16.6. The number of ketones is 1. The molecule has 10 aromatic heterocycles. The van der Waals surface area contributed by atoms with Crippen molar-refractivity contribution in [2.45, 2.75) is 50.8 Å². The van der Waals surface area contributed by atoms with E-state index in [2.05, 4.69) is 90.9 Å². The number of hydrogen-bond donors (Lipinski definition) is 5. The van der Waals surface area contributed by atoms with Crippen LogP contribution in [0.4, 0.5) is 52.2 Å². The minimum Gasteiger partial charge on any atom is -0.497 e. The summed E-state index contributed by atoms with van der Waals surface area (Å²) in [7, 11) is 11.0. The zero-order valence-electron chi connectivity index (χ0n) is 69.0. The fraction of sp³-hybridized carbons (Fsp3) is 0.200. The maximum absolute atomic E-state index is 12.4. The van der Waals surface area contributed by atoms with Gasteiger partial charge in [0.2, 0.25) is 47.0 Å². The Morgan fingerprint density at radius 1 is 0.520 bits per heavy atom. The highest BCUT2D eigenvalue weighted by atomic mass is 32.2. The first-order chi connectivity index (χ1) is 60.1. The Balaban J connectivity index is 0.000000135. The van der Waals surface area contributed by atoms with E-state index >= 15 is 0 Å². The van der Waals surface area contributed by atoms with Crippen molar-refractivity contribution in [3.8, 4) is 63.3 Å². The van der Waals surface area contributed by atoms with Gasteiger partial charge in [0, 0.05) is 186 Å². The molecule has 0 fully saturated rings. The number of benzene rings is 6. The van der Waals surface area contributed by atoms with E-state index in [1.807, 2.05) is 155 Å². The van der Waals surface area contributed by atoms with Gasteiger partial charge in [0.15, 0.2) is 34.3 Å². The van der Waals surface area contributed by atoms with E-state index in [1.165, 1.54) is 28.8 Å². The van der Waals surface area contributed by atoms with E-state index in [9.17, 15) is 19.7 Å². The van der Waals surface area contributed by atoms with Crippen molar-refractivity contribution in [1.82, 2.24) is 73.4 Å². The summed E-state index contributed by atoms with van der Waals surface area (Å²) in [5.74, 6) is 6.89. The van der Waals surface area contributed by atoms with Crippen LogP contribution in [0.5, 0.6) is 40.2 Å². The largest absolute Gasteiger partial charge is 0.497 e. The maximum Gasteiger partial charge on any atom is 0.312 e. The van der Waals surface area contributed by atoms with E-state index in [0.29, 0.717) is 120 Å². The van der Waals surface area contributed by atoms with Gasteiger partial charge in [-0.25, -0.2) is 29.9 Å². The van der Waals surface area contributed by atoms with Crippen LogP contribution in [-0.2, 0) is 33.6 Å². The number of amides is 1. The first-order valence-corrected chi connectivity index (χ1v) is 40.2. The Labute approximate surface area is 711 Å². The van der Waals surface area contributed by atoms with Crippen molar-refractivity contribution in [3.63, 3.8) is 0 Å². The zero-order valence-corrected chi connectivity index (χ0v) is 69.9. The Morgan fingerprint density at radius 2 is 1.07 bits per heavy atom. The molecule has 6 aromatic carbocycles. The van der Waals surface area contributed by atoms with E-state index < -0.39 is 4.92 Å². The number of fused-ring (bicyclic) bond motifs is 5. The average molecular weight is 1670 g/mol. The van der Waals surface area contributed by atoms with Crippen LogP contribution in [-0.4, -0.2) is 161 Å². The number of carbonyl (C=O) groups is 2. The summed E-state index contributed by atoms with van der Waals surface area (Å²) in [4.78, 5) is 81.5. The smallest absolute Gasteiger partial charge is 0.312 e. The molecule has 16 aromatic rings. The number of aromatic nitrogens is 14. The first-order valence-electron chi connectivity index (χ1n) is 39.0. The third-order valence-corrected chi connectivity index (χ3v) is 20.5. The molecule has 33 heteroatoms. The van der Waals surface area contributed by atoms with Crippen molar-refractivity contribution in [1.29, 1.82) is 0 Å². The third-order valence-electron chi connectivity index (χ3n) is 19.8. The number of Topliss-reactive ketones (excluding diaryl/α,β-unsaturated/α-hetero) is 1. The quantitative estimate of drug-likeness (QED) is 0.0132. The van der Waals surface area contributed by atoms with Crippen LogP contribution in [0.25, 0.3) is 67.1 Å². The monoisotopic (exact) mass is 1670 g/mol. The normalized spacial score (nSPS) is 11.4. The summed E-state index contributed by atoms with van der Waals surface area (Å²) >= 11 is 1.70. The van der Waals surface area contributed by atoms with E-state index in [1.54, 1.807) is 127 Å². The van der Waals surface area contributed by atoms with Gasteiger partial charge < -0.3 is 73.6 Å². The molecular weight excluding hydrogens is 1590 g/mol. The van der Waals surface area contributed by atoms with Crippen molar-refractivity contribution in [2.75, 3.05) is 97.1 Å². The lowest BCUT2D eigenvalue weighted by molar-refractivity contribution is -0.384. The minimum absolute atomic E-state index is 0.0184. The number of aryl methyl sites for hydroxylation is 2. The summed E-state index contributed by atoms with van der Waals surface area (Å²) in [5, 5.41) is 30.7. The SMILES string of the molecule is CCOCCCNC(=O)Cc1cccc(-n2ccc3cnc(Nc4cc(OC)c(OC)c(OC)c4)nc32)c1.COc1cc(Nc2ncc3ccn(-c4cccc5c4CC(=O)CC5)c3n2)cc(OC)c1OC.COc1ccc(C)c(Nc2ncc3ccn(-c4ncccc4[N+](=O)[O-])c3n2)c1.CSc1cccc(Nc2ncc3ccn(-c4ccccn4)c3n2)c1. The van der Waals surface area contributed by atoms with Gasteiger partial charge in [0.05, 0.1) is 66.8 Å². The van der Waals surface area contributed by atoms with Crippen LogP contribution in [0, 0.1) is 17.0 Å². The molecule has 0 spiro atoms. The molecule has 626 valence electrons. The predicted molar refractivity (Wildman–Crippen MR) is 474 cm³/mol. The Bertz CT molecular complexity index is 6410. The van der Waals surface area contributed by atoms with E-state index in [4.69, 9.17) is 47.9 Å². The van der Waals surface area contributed by atoms with E-state index in [0.717, 1.165) is 96.6 Å². The zero-order chi connectivity index (χ0) is 85.9. The van der Waals surface area contributed by atoms with Crippen LogP contribution in [0.2, 0.25) is 0 Å². The molecule has 0 saturated carbocycles. The van der Waals surface area contributed by atoms with Gasteiger partial charge in [-0.1, -0.05) is 42.5 Å². The number of methoxy groups -OCH3 is 7. The standard InChI is InChI=1S/C28H33N5O5.C25H24N4O4.C19H16N6O3.C18H15N5S/c1-5-38-13-7-11-29-25(34)15-19-8-6-9-22(14-19)33-12-10-20-18-30-28(32-27(20)33)31-21-16-23(35-2)26(37-4)24(17-21)36-3;1-31-21-11-17(12-22(32-2)23(21)33-3)27-25-26-14-16-9-10-29(24(16)28-25)20-6-4-5-15-7-8-18(30)13-19(15)20;1-12-5-6-14(28-2)10-15(12)22-19-21-11-13-7-9-24(17(13)23-19)18-16(25(26)27)4-3-8-20-18;1-24-15-6-4-5-14(11-15)21-18-20-12-13-8-10-23(17(13)22-18)16-7-2-3-9-19-16/h6,8-10,12,14,16-18H,5,7,11,13,15H2,1-4H3,(H,29,34)(H,30,31,32);4-6,9-12,14H,7-8,13H2,1-3H3,(H,26,27,28);3-11H,1-2H3,(H,21,22,23);2-12H,1H3,(H,20,21,22). The summed E-state index contributed by atoms with van der Waals surface area (Å²) in [5.41, 5.74) is 12.0. The molecular formula is C90H88N20O12S. The number of ether oxygens (including phenoxy) is 8. The van der Waals surface area contributed by atoms with Crippen LogP contribution in [0.15, 0.2) is 231 Å². The molecule has 32 nitrogen and oxygen atoms in total. The van der Waals surface area contributed by atoms with Gasteiger partial charge in [-0.3, -0.25) is 28.8 Å². The molecule has 0 aliphatic heterocycles. The molecule has 0 unspecified atom stereocenters. The van der Waals surface area contributed by atoms with Crippen LogP contribution < -0.4 is 59.7 Å². The second-order valence-electron chi connectivity index (χ2n) is 27.5. The van der Waals surface area contributed by atoms with Crippen molar-refractivity contribution in [2.24, 2.45) is 0 Å². The number of thioether (sulfide) groups is 1. The minimum atomic E-state index is -0.464. The molecule has 1 aliphatic rings. The van der Waals surface area contributed by atoms with Crippen molar-refractivity contribution >= 4 is 120 Å². The van der Waals surface area contributed by atoms with Crippen LogP contribution >= 0.6 is 11.8 Å². The number of hydrogen-bond acceptors (Lipinski definition) is 27. The summed E-state index contributed by atoms with van der Waals surface area (Å²) in [6.45, 7) is 5.84. The van der Waals surface area contributed by atoms with Gasteiger partial charge in [-0.05, 0) is 140 Å². The fourth-order valence-electron chi connectivity index (χ4n) is 13.7. The molecule has 0 bridgehead atoms. The number of carbonyl (C=O) groups excluding carboxylic acids is 2. The maximum atomic E-state index is 12.4. The Hall–Kier alpha value is -15.3. The molecule has 1 amide bonds. The number of pyridine rings is 2. The highest BCUT2D eigenvalue weighted by Crippen LogP contribution is 2.43. The fourth-order valence-corrected chi connectivity index (χ4v) is 14.2. The first kappa shape index (κ1) is 84.2. The van der Waals surface area contributed by atoms with Crippen molar-refractivity contribution in [3.05, 3.63) is 258 Å². The molecule has 123 heavy (non-hydrogen) atoms. The Kier molecular flexibility index (Phi) is 27.1. The number of nitro groups is 1. The van der Waals surface area contributed by atoms with Crippen LogP contribution in [0.3, 0.4) is 0 Å². The lowest BCUT2D eigenvalue weighted by Gasteiger charge is -2.19.